The number of carbonyl (C=O) groups excluding carboxylic acids is 2. The number of ketones is 2. The molecule has 6 N–H and O–H groups in total. The molecule has 0 aliphatic carbocycles. The van der Waals surface area contributed by atoms with Crippen molar-refractivity contribution < 1.29 is 30.0 Å². The van der Waals surface area contributed by atoms with Crippen molar-refractivity contribution >= 4 is 28.7 Å². The number of carbonyl (C=O) groups is 2. The Balaban J connectivity index is 0.000000618. The van der Waals surface area contributed by atoms with Gasteiger partial charge in [0.1, 0.15) is 0 Å². The Labute approximate surface area is 273 Å². The smallest absolute Gasteiger partial charge is 0.358 e. The summed E-state index contributed by atoms with van der Waals surface area (Å²) in [5.74, 6) is -3.44. The van der Waals surface area contributed by atoms with Gasteiger partial charge in [0.2, 0.25) is 0 Å². The van der Waals surface area contributed by atoms with Gasteiger partial charge in [0, 0.05) is 32.6 Å². The number of nitrogens with two attached hydrogens (primary N) is 1. The van der Waals surface area contributed by atoms with Gasteiger partial charge in [-0.1, -0.05) is 92.2 Å². The van der Waals surface area contributed by atoms with Crippen molar-refractivity contribution in [3.8, 4) is 0 Å². The molecule has 9 heteroatoms. The molecule has 0 unspecified atom stereocenters. The molecule has 0 aromatic heterocycles. The van der Waals surface area contributed by atoms with Crippen LogP contribution in [0.5, 0.6) is 0 Å². The molecular formula is C37H51N3O6. The summed E-state index contributed by atoms with van der Waals surface area (Å²) >= 11 is 0. The standard InChI is InChI=1S/C14H20N2.C12H14O2.C9H13N.C2H4O4/c1-4-13(15-2)14(16-3)11-10-12-8-6-5-7-9-12;1-2-11(13)12(14)9-8-10-6-4-3-5-7-10;1-6-4-7(2)9(10)8(3)5-6;3-1(4)2(5)6/h5-9H,4,10-11H2,1-3H3;3-7H,2,8-9H2,1H3;4-5H,10H2,1-3H3;3-6H. The second kappa shape index (κ2) is 23.5. The number of aliphatic imine (C=N–C) groups is 2. The number of nitrogens with zero attached hydrogens (tertiary/aromatic N) is 2. The van der Waals surface area contributed by atoms with Gasteiger partial charge in [-0.2, -0.15) is 0 Å². The van der Waals surface area contributed by atoms with Gasteiger partial charge in [-0.05, 0) is 68.7 Å². The first-order valence-electron chi connectivity index (χ1n) is 15.2. The van der Waals surface area contributed by atoms with E-state index in [0.29, 0.717) is 19.3 Å². The van der Waals surface area contributed by atoms with Crippen molar-refractivity contribution in [3.05, 3.63) is 113 Å². The highest BCUT2D eigenvalue weighted by molar-refractivity contribution is 6.42. The monoisotopic (exact) mass is 633 g/mol. The van der Waals surface area contributed by atoms with E-state index in [0.717, 1.165) is 41.9 Å². The third-order valence-corrected chi connectivity index (χ3v) is 6.75. The summed E-state index contributed by atoms with van der Waals surface area (Å²) in [6.07, 6.45) is 4.27. The van der Waals surface area contributed by atoms with Gasteiger partial charge < -0.3 is 26.2 Å². The van der Waals surface area contributed by atoms with Gasteiger partial charge in [0.25, 0.3) is 0 Å². The molecule has 0 radical (unpaired) electrons. The first-order valence-corrected chi connectivity index (χ1v) is 15.2. The molecule has 46 heavy (non-hydrogen) atoms. The largest absolute Gasteiger partial charge is 0.476 e. The van der Waals surface area contributed by atoms with Crippen LogP contribution in [0.1, 0.15) is 67.3 Å². The highest BCUT2D eigenvalue weighted by atomic mass is 16.5. The predicted molar refractivity (Wildman–Crippen MR) is 189 cm³/mol. The highest BCUT2D eigenvalue weighted by Gasteiger charge is 2.10. The average molecular weight is 634 g/mol. The summed E-state index contributed by atoms with van der Waals surface area (Å²) in [4.78, 5) is 30.8. The summed E-state index contributed by atoms with van der Waals surface area (Å²) in [5.41, 5.74) is 15.0. The number of nitrogen functional groups attached to an aromatic ring is 1. The number of aliphatic hydroxyl groups is 4. The third-order valence-electron chi connectivity index (χ3n) is 6.75. The van der Waals surface area contributed by atoms with E-state index in [1.165, 1.54) is 22.3 Å². The third kappa shape index (κ3) is 17.4. The van der Waals surface area contributed by atoms with Gasteiger partial charge in [0.15, 0.2) is 11.6 Å². The van der Waals surface area contributed by atoms with E-state index in [9.17, 15) is 9.59 Å². The van der Waals surface area contributed by atoms with Crippen LogP contribution in [0.25, 0.3) is 0 Å². The summed E-state index contributed by atoms with van der Waals surface area (Å²) in [7, 11) is 3.69. The Morgan fingerprint density at radius 1 is 0.630 bits per heavy atom. The number of anilines is 1. The van der Waals surface area contributed by atoms with Crippen LogP contribution in [0.2, 0.25) is 0 Å². The molecule has 250 valence electrons. The second-order valence-electron chi connectivity index (χ2n) is 10.3. The SMILES string of the molecule is CCC(=NC)C(CCc1ccccc1)=NC.CCC(=O)C(=O)CCc1ccccc1.Cc1cc(C)c(N)c(C)c1.OC(O)=C(O)O. The van der Waals surface area contributed by atoms with Gasteiger partial charge >= 0.3 is 11.9 Å². The lowest BCUT2D eigenvalue weighted by atomic mass is 10.0. The maximum Gasteiger partial charge on any atom is 0.358 e. The van der Waals surface area contributed by atoms with Crippen LogP contribution in [0.3, 0.4) is 0 Å². The number of hydrogen-bond acceptors (Lipinski definition) is 9. The number of benzene rings is 3. The zero-order chi connectivity index (χ0) is 35.1. The van der Waals surface area contributed by atoms with Crippen molar-refractivity contribution in [1.29, 1.82) is 0 Å². The van der Waals surface area contributed by atoms with Crippen LogP contribution in [0.4, 0.5) is 5.69 Å². The maximum absolute atomic E-state index is 11.2. The summed E-state index contributed by atoms with van der Waals surface area (Å²) in [6, 6.07) is 24.4. The summed E-state index contributed by atoms with van der Waals surface area (Å²) in [5, 5.41) is 30.3. The van der Waals surface area contributed by atoms with Crippen molar-refractivity contribution in [2.45, 2.75) is 73.1 Å². The Kier molecular flexibility index (Phi) is 21.0. The molecule has 0 bridgehead atoms. The molecule has 0 amide bonds. The first kappa shape index (κ1) is 41.1. The molecule has 0 heterocycles. The van der Waals surface area contributed by atoms with Gasteiger partial charge in [-0.25, -0.2) is 0 Å². The Bertz CT molecular complexity index is 1390. The fraction of sp³-hybridized carbons (Fsp3) is 0.351. The Morgan fingerprint density at radius 3 is 1.39 bits per heavy atom. The van der Waals surface area contributed by atoms with E-state index >= 15 is 0 Å². The predicted octanol–water partition coefficient (Wildman–Crippen LogP) is 7.88. The number of aliphatic hydroxyl groups excluding tert-OH is 2. The molecule has 0 aliphatic rings. The Hall–Kier alpha value is -4.92. The minimum atomic E-state index is -1.46. The van der Waals surface area contributed by atoms with E-state index in [-0.39, 0.29) is 11.6 Å². The molecule has 0 saturated carbocycles. The molecule has 3 aromatic carbocycles. The van der Waals surface area contributed by atoms with Crippen molar-refractivity contribution in [1.82, 2.24) is 0 Å². The summed E-state index contributed by atoms with van der Waals surface area (Å²) < 4.78 is 0. The van der Waals surface area contributed by atoms with Crippen LogP contribution < -0.4 is 5.73 Å². The molecule has 0 saturated heterocycles. The maximum atomic E-state index is 11.2. The molecule has 0 atom stereocenters. The topological polar surface area (TPSA) is 166 Å². The lowest BCUT2D eigenvalue weighted by Gasteiger charge is -2.07. The lowest BCUT2D eigenvalue weighted by molar-refractivity contribution is -0.136. The average Bonchev–Trinajstić information content (AvgIpc) is 3.05. The van der Waals surface area contributed by atoms with E-state index < -0.39 is 11.9 Å². The number of rotatable bonds is 10. The number of aryl methyl sites for hydroxylation is 5. The lowest BCUT2D eigenvalue weighted by Crippen LogP contribution is -2.14. The zero-order valence-electron chi connectivity index (χ0n) is 28.2. The van der Waals surface area contributed by atoms with E-state index in [1.807, 2.05) is 64.3 Å². The highest BCUT2D eigenvalue weighted by Crippen LogP contribution is 2.17. The number of hydrogen-bond donors (Lipinski definition) is 5. The normalized spacial score (nSPS) is 10.6. The van der Waals surface area contributed by atoms with E-state index in [1.54, 1.807) is 6.92 Å². The van der Waals surface area contributed by atoms with Crippen LogP contribution in [0.15, 0.2) is 94.7 Å². The van der Waals surface area contributed by atoms with E-state index in [4.69, 9.17) is 26.2 Å². The van der Waals surface area contributed by atoms with Gasteiger partial charge in [0.05, 0.1) is 11.4 Å². The minimum absolute atomic E-state index is 0.253. The molecule has 9 nitrogen and oxygen atoms in total. The first-order chi connectivity index (χ1) is 21.8. The second-order valence-corrected chi connectivity index (χ2v) is 10.3. The van der Waals surface area contributed by atoms with Crippen LogP contribution in [0, 0.1) is 20.8 Å². The van der Waals surface area contributed by atoms with Crippen molar-refractivity contribution in [2.24, 2.45) is 9.98 Å². The molecule has 0 fully saturated rings. The summed E-state index contributed by atoms with van der Waals surface area (Å²) in [6.45, 7) is 9.99. The van der Waals surface area contributed by atoms with Crippen LogP contribution >= 0.6 is 0 Å². The van der Waals surface area contributed by atoms with E-state index in [2.05, 4.69) is 60.2 Å². The molecule has 3 rings (SSSR count). The quantitative estimate of drug-likeness (QED) is 0.0655. The minimum Gasteiger partial charge on any atom is -0.476 e. The fourth-order valence-electron chi connectivity index (χ4n) is 4.21. The van der Waals surface area contributed by atoms with Gasteiger partial charge in [-0.15, -0.1) is 0 Å². The molecule has 0 aliphatic heterocycles. The molecular weight excluding hydrogens is 582 g/mol. The van der Waals surface area contributed by atoms with Crippen LogP contribution in [-0.2, 0) is 22.4 Å². The van der Waals surface area contributed by atoms with Crippen molar-refractivity contribution in [2.75, 3.05) is 19.8 Å². The molecule has 0 spiro atoms. The number of Topliss-reactive ketones (excluding diaryl/α,β-unsaturated/α-hetero) is 2. The van der Waals surface area contributed by atoms with Crippen molar-refractivity contribution in [3.63, 3.8) is 0 Å². The zero-order valence-corrected chi connectivity index (χ0v) is 28.2. The van der Waals surface area contributed by atoms with Crippen LogP contribution in [-0.4, -0.2) is 57.5 Å². The fourth-order valence-corrected chi connectivity index (χ4v) is 4.21. The van der Waals surface area contributed by atoms with Gasteiger partial charge in [-0.3, -0.25) is 19.6 Å². The molecule has 3 aromatic rings. The Morgan fingerprint density at radius 2 is 1.04 bits per heavy atom.